The zero-order valence-electron chi connectivity index (χ0n) is 10.3. The average Bonchev–Trinajstić information content (AvgIpc) is 2.34. The summed E-state index contributed by atoms with van der Waals surface area (Å²) in [4.78, 5) is -0.382. The summed E-state index contributed by atoms with van der Waals surface area (Å²) in [5.41, 5.74) is 0.0458. The topological polar surface area (TPSA) is 61.2 Å². The molecule has 0 bridgehead atoms. The van der Waals surface area contributed by atoms with Crippen LogP contribution in [0.5, 0.6) is 0 Å². The van der Waals surface area contributed by atoms with E-state index in [0.717, 1.165) is 18.2 Å². The van der Waals surface area contributed by atoms with Crippen molar-refractivity contribution < 1.29 is 21.6 Å². The minimum atomic E-state index is -4.64. The van der Waals surface area contributed by atoms with Gasteiger partial charge in [-0.15, -0.1) is 0 Å². The number of hydrogen-bond acceptors (Lipinski definition) is 3. The summed E-state index contributed by atoms with van der Waals surface area (Å²) in [6, 6.07) is 4.91. The Balaban J connectivity index is 3.22. The molecule has 9 heteroatoms. The van der Waals surface area contributed by atoms with Gasteiger partial charge in [0.25, 0.3) is 0 Å². The van der Waals surface area contributed by atoms with E-state index in [1.165, 1.54) is 6.92 Å². The van der Waals surface area contributed by atoms with E-state index in [-0.39, 0.29) is 22.0 Å². The number of rotatable bonds is 4. The maximum Gasteiger partial charge on any atom is 0.402 e. The first-order chi connectivity index (χ1) is 9.11. The van der Waals surface area contributed by atoms with Crippen LogP contribution in [0.1, 0.15) is 12.5 Å². The molecular weight excluding hydrogens is 317 g/mol. The molecule has 1 rings (SSSR count). The minimum absolute atomic E-state index is 0.0458. The van der Waals surface area contributed by atoms with Crippen molar-refractivity contribution in [3.63, 3.8) is 0 Å². The SMILES string of the molecule is CCN(CC(F)(F)F)S(=O)(=O)c1ccc(C#N)c(Cl)c1. The summed E-state index contributed by atoms with van der Waals surface area (Å²) in [7, 11) is -4.31. The van der Waals surface area contributed by atoms with Gasteiger partial charge < -0.3 is 0 Å². The van der Waals surface area contributed by atoms with Crippen molar-refractivity contribution in [2.24, 2.45) is 0 Å². The highest BCUT2D eigenvalue weighted by atomic mass is 35.5. The Bertz CT molecular complexity index is 638. The van der Waals surface area contributed by atoms with Gasteiger partial charge >= 0.3 is 6.18 Å². The monoisotopic (exact) mass is 326 g/mol. The van der Waals surface area contributed by atoms with Gasteiger partial charge in [0.15, 0.2) is 0 Å². The van der Waals surface area contributed by atoms with Crippen LogP contribution in [0.15, 0.2) is 23.1 Å². The molecule has 0 spiro atoms. The van der Waals surface area contributed by atoms with E-state index >= 15 is 0 Å². The number of nitriles is 1. The Hall–Kier alpha value is -1.30. The van der Waals surface area contributed by atoms with Crippen molar-refractivity contribution in [3.8, 4) is 6.07 Å². The van der Waals surface area contributed by atoms with Crippen LogP contribution in [-0.2, 0) is 10.0 Å². The molecule has 0 unspecified atom stereocenters. The van der Waals surface area contributed by atoms with E-state index < -0.39 is 22.7 Å². The van der Waals surface area contributed by atoms with Crippen LogP contribution in [0.25, 0.3) is 0 Å². The van der Waals surface area contributed by atoms with Crippen molar-refractivity contribution in [2.45, 2.75) is 18.0 Å². The lowest BCUT2D eigenvalue weighted by molar-refractivity contribution is -0.135. The fourth-order valence-electron chi connectivity index (χ4n) is 1.46. The first-order valence-electron chi connectivity index (χ1n) is 5.38. The Labute approximate surface area is 119 Å². The van der Waals surface area contributed by atoms with Crippen molar-refractivity contribution >= 4 is 21.6 Å². The van der Waals surface area contributed by atoms with E-state index in [1.54, 1.807) is 6.07 Å². The molecule has 0 amide bonds. The number of benzene rings is 1. The normalized spacial score (nSPS) is 12.4. The molecule has 20 heavy (non-hydrogen) atoms. The average molecular weight is 327 g/mol. The van der Waals surface area contributed by atoms with Gasteiger partial charge in [0.1, 0.15) is 12.6 Å². The predicted molar refractivity (Wildman–Crippen MR) is 66.7 cm³/mol. The first kappa shape index (κ1) is 16.8. The highest BCUT2D eigenvalue weighted by Gasteiger charge is 2.36. The van der Waals surface area contributed by atoms with E-state index in [0.29, 0.717) is 4.31 Å². The van der Waals surface area contributed by atoms with Crippen molar-refractivity contribution in [3.05, 3.63) is 28.8 Å². The van der Waals surface area contributed by atoms with Gasteiger partial charge in [-0.1, -0.05) is 18.5 Å². The summed E-state index contributed by atoms with van der Waals surface area (Å²) in [6.07, 6.45) is -4.64. The zero-order chi connectivity index (χ0) is 15.6. The quantitative estimate of drug-likeness (QED) is 0.854. The smallest absolute Gasteiger partial charge is 0.207 e. The second-order valence-electron chi connectivity index (χ2n) is 3.80. The van der Waals surface area contributed by atoms with Gasteiger partial charge in [0.2, 0.25) is 10.0 Å². The molecule has 1 aromatic carbocycles. The Kier molecular flexibility index (Phi) is 5.02. The molecule has 0 radical (unpaired) electrons. The van der Waals surface area contributed by atoms with Crippen molar-refractivity contribution in [2.75, 3.05) is 13.1 Å². The van der Waals surface area contributed by atoms with E-state index in [2.05, 4.69) is 0 Å². The molecule has 0 aliphatic heterocycles. The lowest BCUT2D eigenvalue weighted by Gasteiger charge is -2.21. The van der Waals surface area contributed by atoms with Gasteiger partial charge in [-0.2, -0.15) is 22.7 Å². The molecular formula is C11H10ClF3N2O2S. The molecule has 0 aromatic heterocycles. The van der Waals surface area contributed by atoms with Crippen LogP contribution >= 0.6 is 11.6 Å². The van der Waals surface area contributed by atoms with Crippen LogP contribution < -0.4 is 0 Å². The Morgan fingerprint density at radius 2 is 2.00 bits per heavy atom. The van der Waals surface area contributed by atoms with Crippen LogP contribution in [0.3, 0.4) is 0 Å². The van der Waals surface area contributed by atoms with Gasteiger partial charge in [-0.05, 0) is 18.2 Å². The summed E-state index contributed by atoms with van der Waals surface area (Å²) in [5.74, 6) is 0. The maximum atomic E-state index is 12.4. The van der Waals surface area contributed by atoms with Gasteiger partial charge in [0, 0.05) is 6.54 Å². The second-order valence-corrected chi connectivity index (χ2v) is 6.14. The molecule has 0 aliphatic rings. The number of halogens is 4. The van der Waals surface area contributed by atoms with Crippen molar-refractivity contribution in [1.29, 1.82) is 5.26 Å². The Morgan fingerprint density at radius 3 is 2.40 bits per heavy atom. The van der Waals surface area contributed by atoms with Gasteiger partial charge in [-0.25, -0.2) is 8.42 Å². The summed E-state index contributed by atoms with van der Waals surface area (Å²) >= 11 is 5.69. The van der Waals surface area contributed by atoms with E-state index in [4.69, 9.17) is 16.9 Å². The molecule has 4 nitrogen and oxygen atoms in total. The van der Waals surface area contributed by atoms with Crippen LogP contribution in [0.2, 0.25) is 5.02 Å². The van der Waals surface area contributed by atoms with E-state index in [9.17, 15) is 21.6 Å². The second kappa shape index (κ2) is 5.99. The highest BCUT2D eigenvalue weighted by molar-refractivity contribution is 7.89. The Morgan fingerprint density at radius 1 is 1.40 bits per heavy atom. The number of alkyl halides is 3. The lowest BCUT2D eigenvalue weighted by atomic mass is 10.2. The number of sulfonamides is 1. The molecule has 1 aromatic rings. The van der Waals surface area contributed by atoms with Gasteiger partial charge in [-0.3, -0.25) is 0 Å². The zero-order valence-corrected chi connectivity index (χ0v) is 11.8. The first-order valence-corrected chi connectivity index (χ1v) is 7.20. The predicted octanol–water partition coefficient (Wildman–Crippen LogP) is 2.78. The summed E-state index contributed by atoms with van der Waals surface area (Å²) in [6.45, 7) is -0.614. The molecule has 0 fully saturated rings. The van der Waals surface area contributed by atoms with Gasteiger partial charge in [0.05, 0.1) is 15.5 Å². The molecule has 0 aliphatic carbocycles. The van der Waals surface area contributed by atoms with E-state index in [1.807, 2.05) is 0 Å². The molecule has 0 atom stereocenters. The van der Waals surface area contributed by atoms with Crippen molar-refractivity contribution in [1.82, 2.24) is 4.31 Å². The third-order valence-electron chi connectivity index (χ3n) is 2.41. The van der Waals surface area contributed by atoms with Crippen LogP contribution in [0, 0.1) is 11.3 Å². The molecule has 0 saturated carbocycles. The molecule has 0 heterocycles. The van der Waals surface area contributed by atoms with Crippen LogP contribution in [-0.4, -0.2) is 32.0 Å². The molecule has 110 valence electrons. The summed E-state index contributed by atoms with van der Waals surface area (Å²) < 4.78 is 61.5. The summed E-state index contributed by atoms with van der Waals surface area (Å²) in [5, 5.41) is 8.55. The van der Waals surface area contributed by atoms with Crippen LogP contribution in [0.4, 0.5) is 13.2 Å². The molecule has 0 N–H and O–H groups in total. The third-order valence-corrected chi connectivity index (χ3v) is 4.64. The largest absolute Gasteiger partial charge is 0.402 e. The number of hydrogen-bond donors (Lipinski definition) is 0. The standard InChI is InChI=1S/C11H10ClF3N2O2S/c1-2-17(7-11(13,14)15)20(18,19)9-4-3-8(6-16)10(12)5-9/h3-5H,2,7H2,1H3. The lowest BCUT2D eigenvalue weighted by Crippen LogP contribution is -2.38. The fraction of sp³-hybridized carbons (Fsp3) is 0.364. The molecule has 0 saturated heterocycles. The third kappa shape index (κ3) is 3.85. The number of nitrogens with zero attached hydrogens (tertiary/aromatic N) is 2. The fourth-order valence-corrected chi connectivity index (χ4v) is 3.21. The maximum absolute atomic E-state index is 12.4. The minimum Gasteiger partial charge on any atom is -0.207 e. The highest BCUT2D eigenvalue weighted by Crippen LogP contribution is 2.25.